The number of ether oxygens (including phenoxy) is 1. The molecule has 1 heterocycles. The Hall–Kier alpha value is -3.04. The van der Waals surface area contributed by atoms with Crippen molar-refractivity contribution in [3.05, 3.63) is 65.5 Å². The van der Waals surface area contributed by atoms with Gasteiger partial charge in [0.1, 0.15) is 5.82 Å². The molecular weight excluding hydrogens is 380 g/mol. The van der Waals surface area contributed by atoms with Crippen LogP contribution in [0.2, 0.25) is 0 Å². The van der Waals surface area contributed by atoms with Gasteiger partial charge < -0.3 is 10.5 Å². The van der Waals surface area contributed by atoms with Gasteiger partial charge in [0.05, 0.1) is 17.3 Å². The third kappa shape index (κ3) is 5.24. The highest BCUT2D eigenvalue weighted by atomic mass is 32.2. The predicted molar refractivity (Wildman–Crippen MR) is 106 cm³/mol. The molecule has 0 aliphatic rings. The zero-order chi connectivity index (χ0) is 20.1. The van der Waals surface area contributed by atoms with Crippen molar-refractivity contribution in [1.29, 1.82) is 0 Å². The number of hydrogen-bond acceptors (Lipinski definition) is 7. The summed E-state index contributed by atoms with van der Waals surface area (Å²) in [6.07, 6.45) is 1.63. The monoisotopic (exact) mass is 400 g/mol. The van der Waals surface area contributed by atoms with Gasteiger partial charge in [0.15, 0.2) is 12.4 Å². The lowest BCUT2D eigenvalue weighted by atomic mass is 10.1. The molecule has 3 aromatic rings. The molecule has 8 nitrogen and oxygen atoms in total. The van der Waals surface area contributed by atoms with Crippen LogP contribution in [0.15, 0.2) is 48.5 Å². The molecular formula is C19H20N4O4S. The van der Waals surface area contributed by atoms with Crippen LogP contribution in [-0.2, 0) is 27.8 Å². The molecule has 0 saturated heterocycles. The first-order valence-corrected chi connectivity index (χ1v) is 10.4. The third-order valence-electron chi connectivity index (χ3n) is 3.98. The number of rotatable bonds is 7. The van der Waals surface area contributed by atoms with Crippen molar-refractivity contribution in [2.45, 2.75) is 13.0 Å². The summed E-state index contributed by atoms with van der Waals surface area (Å²) in [7, 11) is -3.21. The number of nitrogens with one attached hydrogen (secondary N) is 1. The highest BCUT2D eigenvalue weighted by Gasteiger charge is 2.10. The Morgan fingerprint density at radius 1 is 1.11 bits per heavy atom. The van der Waals surface area contributed by atoms with Crippen LogP contribution in [-0.4, -0.2) is 37.2 Å². The Balaban J connectivity index is 1.59. The number of nitrogens with two attached hydrogens (primary N) is 1. The minimum absolute atomic E-state index is 0.0894. The Kier molecular flexibility index (Phi) is 5.86. The van der Waals surface area contributed by atoms with E-state index in [-0.39, 0.29) is 6.61 Å². The van der Waals surface area contributed by atoms with E-state index in [1.165, 1.54) is 0 Å². The SMILES string of the molecule is CS(=O)(=O)NCCc1ccc(C(=O)OCc2nc(N)c3ccccc3n2)cc1. The van der Waals surface area contributed by atoms with Crippen LogP contribution in [0.25, 0.3) is 10.9 Å². The van der Waals surface area contributed by atoms with E-state index in [9.17, 15) is 13.2 Å². The largest absolute Gasteiger partial charge is 0.454 e. The molecule has 0 spiro atoms. The van der Waals surface area contributed by atoms with Gasteiger partial charge in [-0.15, -0.1) is 0 Å². The van der Waals surface area contributed by atoms with Gasteiger partial charge in [-0.1, -0.05) is 24.3 Å². The quantitative estimate of drug-likeness (QED) is 0.578. The summed E-state index contributed by atoms with van der Waals surface area (Å²) < 4.78 is 29.8. The number of aromatic nitrogens is 2. The summed E-state index contributed by atoms with van der Waals surface area (Å²) in [6, 6.07) is 14.1. The first-order valence-electron chi connectivity index (χ1n) is 8.54. The van der Waals surface area contributed by atoms with Crippen LogP contribution in [0, 0.1) is 0 Å². The lowest BCUT2D eigenvalue weighted by Gasteiger charge is -2.07. The summed E-state index contributed by atoms with van der Waals surface area (Å²) in [4.78, 5) is 20.7. The second-order valence-corrected chi connectivity index (χ2v) is 8.06. The molecule has 9 heteroatoms. The number of carbonyl (C=O) groups excluding carboxylic acids is 1. The third-order valence-corrected chi connectivity index (χ3v) is 4.71. The lowest BCUT2D eigenvalue weighted by Crippen LogP contribution is -2.24. The number of sulfonamides is 1. The van der Waals surface area contributed by atoms with Crippen molar-refractivity contribution in [3.63, 3.8) is 0 Å². The zero-order valence-corrected chi connectivity index (χ0v) is 16.1. The van der Waals surface area contributed by atoms with Crippen molar-refractivity contribution >= 4 is 32.7 Å². The summed E-state index contributed by atoms with van der Waals surface area (Å²) in [5.41, 5.74) is 7.90. The van der Waals surface area contributed by atoms with Crippen LogP contribution in [0.5, 0.6) is 0 Å². The van der Waals surface area contributed by atoms with Gasteiger partial charge in [-0.25, -0.2) is 27.9 Å². The van der Waals surface area contributed by atoms with E-state index < -0.39 is 16.0 Å². The molecule has 0 aliphatic heterocycles. The number of para-hydroxylation sites is 1. The fourth-order valence-electron chi connectivity index (χ4n) is 2.62. The summed E-state index contributed by atoms with van der Waals surface area (Å²) in [5, 5.41) is 0.749. The van der Waals surface area contributed by atoms with E-state index in [0.29, 0.717) is 35.7 Å². The van der Waals surface area contributed by atoms with Crippen LogP contribution in [0.4, 0.5) is 5.82 Å². The van der Waals surface area contributed by atoms with Crippen LogP contribution >= 0.6 is 0 Å². The maximum atomic E-state index is 12.2. The Bertz CT molecular complexity index is 1100. The molecule has 2 aromatic carbocycles. The number of hydrogen-bond donors (Lipinski definition) is 2. The molecule has 0 bridgehead atoms. The first-order chi connectivity index (χ1) is 13.3. The molecule has 3 rings (SSSR count). The van der Waals surface area contributed by atoms with Crippen molar-refractivity contribution in [2.75, 3.05) is 18.5 Å². The van der Waals surface area contributed by atoms with Crippen LogP contribution in [0.3, 0.4) is 0 Å². The van der Waals surface area contributed by atoms with E-state index >= 15 is 0 Å². The second-order valence-electron chi connectivity index (χ2n) is 6.23. The molecule has 0 saturated carbocycles. The normalized spacial score (nSPS) is 11.5. The van der Waals surface area contributed by atoms with Crippen LogP contribution in [0.1, 0.15) is 21.7 Å². The van der Waals surface area contributed by atoms with Crippen molar-refractivity contribution < 1.29 is 17.9 Å². The average molecular weight is 400 g/mol. The van der Waals surface area contributed by atoms with E-state index in [0.717, 1.165) is 17.2 Å². The van der Waals surface area contributed by atoms with Gasteiger partial charge in [0.2, 0.25) is 10.0 Å². The van der Waals surface area contributed by atoms with E-state index in [1.54, 1.807) is 24.3 Å². The number of anilines is 1. The molecule has 0 unspecified atom stereocenters. The molecule has 1 aromatic heterocycles. The molecule has 0 amide bonds. The van der Waals surface area contributed by atoms with Gasteiger partial charge in [0.25, 0.3) is 0 Å². The summed E-state index contributed by atoms with van der Waals surface area (Å²) in [6.45, 7) is 0.206. The maximum absolute atomic E-state index is 12.2. The van der Waals surface area contributed by atoms with Gasteiger partial charge >= 0.3 is 5.97 Å². The summed E-state index contributed by atoms with van der Waals surface area (Å²) in [5.74, 6) is 0.160. The van der Waals surface area contributed by atoms with E-state index in [1.807, 2.05) is 24.3 Å². The van der Waals surface area contributed by atoms with Gasteiger partial charge in [0, 0.05) is 11.9 Å². The van der Waals surface area contributed by atoms with Gasteiger partial charge in [-0.2, -0.15) is 0 Å². The Morgan fingerprint density at radius 2 is 1.82 bits per heavy atom. The zero-order valence-electron chi connectivity index (χ0n) is 15.3. The van der Waals surface area contributed by atoms with Crippen molar-refractivity contribution in [3.8, 4) is 0 Å². The van der Waals surface area contributed by atoms with Crippen molar-refractivity contribution in [1.82, 2.24) is 14.7 Å². The molecule has 0 aliphatic carbocycles. The Labute approximate surface area is 162 Å². The van der Waals surface area contributed by atoms with E-state index in [2.05, 4.69) is 14.7 Å². The van der Waals surface area contributed by atoms with Gasteiger partial charge in [-0.05, 0) is 36.2 Å². The minimum Gasteiger partial charge on any atom is -0.454 e. The van der Waals surface area contributed by atoms with E-state index in [4.69, 9.17) is 10.5 Å². The fraction of sp³-hybridized carbons (Fsp3) is 0.211. The standard InChI is InChI=1S/C19H20N4O4S/c1-28(25,26)21-11-10-13-6-8-14(9-7-13)19(24)27-12-17-22-16-5-3-2-4-15(16)18(20)23-17/h2-9,21H,10-12H2,1H3,(H2,20,22,23). The molecule has 0 fully saturated rings. The molecule has 0 radical (unpaired) electrons. The lowest BCUT2D eigenvalue weighted by molar-refractivity contribution is 0.0462. The first kappa shape index (κ1) is 19.7. The number of esters is 1. The number of nitrogen functional groups attached to an aromatic ring is 1. The fourth-order valence-corrected chi connectivity index (χ4v) is 3.09. The number of fused-ring (bicyclic) bond motifs is 1. The molecule has 146 valence electrons. The molecule has 3 N–H and O–H groups in total. The highest BCUT2D eigenvalue weighted by Crippen LogP contribution is 2.17. The second kappa shape index (κ2) is 8.32. The topological polar surface area (TPSA) is 124 Å². The molecule has 28 heavy (non-hydrogen) atoms. The highest BCUT2D eigenvalue weighted by molar-refractivity contribution is 7.88. The minimum atomic E-state index is -3.21. The van der Waals surface area contributed by atoms with Crippen molar-refractivity contribution in [2.24, 2.45) is 0 Å². The maximum Gasteiger partial charge on any atom is 0.338 e. The Morgan fingerprint density at radius 3 is 2.54 bits per heavy atom. The number of benzene rings is 2. The average Bonchev–Trinajstić information content (AvgIpc) is 2.66. The smallest absolute Gasteiger partial charge is 0.338 e. The number of carbonyl (C=O) groups is 1. The number of nitrogens with zero attached hydrogens (tertiary/aromatic N) is 2. The van der Waals surface area contributed by atoms with Gasteiger partial charge in [-0.3, -0.25) is 0 Å². The predicted octanol–water partition coefficient (Wildman–Crippen LogP) is 1.66. The van der Waals surface area contributed by atoms with Crippen LogP contribution < -0.4 is 10.5 Å². The summed E-state index contributed by atoms with van der Waals surface area (Å²) >= 11 is 0. The molecule has 0 atom stereocenters.